The molecule has 1 aromatic heterocycles. The van der Waals surface area contributed by atoms with Crippen molar-refractivity contribution >= 4 is 11.7 Å². The lowest BCUT2D eigenvalue weighted by molar-refractivity contribution is -0.117. The van der Waals surface area contributed by atoms with Gasteiger partial charge in [0.15, 0.2) is 5.78 Å². The van der Waals surface area contributed by atoms with E-state index in [1.807, 2.05) is 42.8 Å². The summed E-state index contributed by atoms with van der Waals surface area (Å²) in [6.45, 7) is 6.54. The van der Waals surface area contributed by atoms with Crippen molar-refractivity contribution in [2.45, 2.75) is 39.7 Å². The number of hydrogen-bond donors (Lipinski definition) is 1. The highest BCUT2D eigenvalue weighted by Crippen LogP contribution is 2.41. The fourth-order valence-electron chi connectivity index (χ4n) is 3.76. The molecule has 6 nitrogen and oxygen atoms in total. The number of fused-ring (bicyclic) bond motifs is 1. The van der Waals surface area contributed by atoms with Crippen molar-refractivity contribution in [3.05, 3.63) is 46.9 Å². The third-order valence-electron chi connectivity index (χ3n) is 4.71. The number of aromatic nitrogens is 3. The van der Waals surface area contributed by atoms with Gasteiger partial charge >= 0.3 is 0 Å². The zero-order chi connectivity index (χ0) is 17.6. The van der Waals surface area contributed by atoms with Gasteiger partial charge in [0.2, 0.25) is 5.95 Å². The Hall–Kier alpha value is -2.63. The number of aryl methyl sites for hydroxylation is 1. The summed E-state index contributed by atoms with van der Waals surface area (Å²) in [5, 5.41) is 7.88. The molecule has 0 spiro atoms. The number of carbonyl (C=O) groups excluding carboxylic acids is 1. The molecular weight excluding hydrogens is 316 g/mol. The number of rotatable bonds is 3. The van der Waals surface area contributed by atoms with Gasteiger partial charge in [-0.2, -0.15) is 10.1 Å². The lowest BCUT2D eigenvalue weighted by Gasteiger charge is -2.34. The first-order valence-corrected chi connectivity index (χ1v) is 8.76. The molecule has 2 heterocycles. The molecule has 6 heteroatoms. The van der Waals surface area contributed by atoms with Gasteiger partial charge in [-0.25, -0.2) is 4.68 Å². The van der Waals surface area contributed by atoms with Gasteiger partial charge in [-0.05, 0) is 43.9 Å². The molecule has 4 rings (SSSR count). The van der Waals surface area contributed by atoms with Crippen LogP contribution < -0.4 is 10.1 Å². The van der Waals surface area contributed by atoms with Gasteiger partial charge in [-0.3, -0.25) is 4.79 Å². The Labute approximate surface area is 146 Å². The summed E-state index contributed by atoms with van der Waals surface area (Å²) in [4.78, 5) is 17.4. The number of ether oxygens (including phenoxy) is 1. The van der Waals surface area contributed by atoms with Crippen molar-refractivity contribution in [3.63, 3.8) is 0 Å². The first kappa shape index (κ1) is 15.9. The molecule has 0 fully saturated rings. The molecule has 2 atom stereocenters. The Balaban J connectivity index is 1.87. The maximum atomic E-state index is 12.9. The molecule has 2 aromatic rings. The van der Waals surface area contributed by atoms with Crippen LogP contribution in [-0.4, -0.2) is 27.2 Å². The number of ketones is 1. The SMILES string of the molecule is CCOc1cccc(C2C3=C(CC(C)CC3=O)Nc3nc(C)nn32)c1. The van der Waals surface area contributed by atoms with Crippen LogP contribution in [0, 0.1) is 12.8 Å². The van der Waals surface area contributed by atoms with Gasteiger partial charge < -0.3 is 10.1 Å². The number of Topliss-reactive ketones (excluding diaryl/α,β-unsaturated/α-hetero) is 1. The summed E-state index contributed by atoms with van der Waals surface area (Å²) in [5.74, 6) is 2.71. The molecule has 0 radical (unpaired) electrons. The molecule has 1 aliphatic carbocycles. The minimum atomic E-state index is -0.257. The van der Waals surface area contributed by atoms with E-state index in [-0.39, 0.29) is 11.8 Å². The van der Waals surface area contributed by atoms with Crippen LogP contribution >= 0.6 is 0 Å². The van der Waals surface area contributed by atoms with Crippen molar-refractivity contribution in [2.75, 3.05) is 11.9 Å². The molecule has 1 N–H and O–H groups in total. The third-order valence-corrected chi connectivity index (χ3v) is 4.71. The van der Waals surface area contributed by atoms with Crippen LogP contribution in [0.1, 0.15) is 44.1 Å². The van der Waals surface area contributed by atoms with Gasteiger partial charge in [0.25, 0.3) is 0 Å². The molecule has 1 aromatic carbocycles. The molecular formula is C19H22N4O2. The number of nitrogens with zero attached hydrogens (tertiary/aromatic N) is 3. The zero-order valence-electron chi connectivity index (χ0n) is 14.7. The van der Waals surface area contributed by atoms with Crippen molar-refractivity contribution in [1.29, 1.82) is 0 Å². The van der Waals surface area contributed by atoms with Crippen LogP contribution in [0.2, 0.25) is 0 Å². The molecule has 2 aliphatic rings. The van der Waals surface area contributed by atoms with Gasteiger partial charge in [0.05, 0.1) is 6.61 Å². The van der Waals surface area contributed by atoms with Gasteiger partial charge in [-0.1, -0.05) is 19.1 Å². The Morgan fingerprint density at radius 3 is 3.00 bits per heavy atom. The van der Waals surface area contributed by atoms with E-state index in [9.17, 15) is 4.79 Å². The number of anilines is 1. The lowest BCUT2D eigenvalue weighted by atomic mass is 9.81. The molecule has 0 bridgehead atoms. The fourth-order valence-corrected chi connectivity index (χ4v) is 3.76. The van der Waals surface area contributed by atoms with Gasteiger partial charge in [-0.15, -0.1) is 0 Å². The Morgan fingerprint density at radius 1 is 1.36 bits per heavy atom. The minimum Gasteiger partial charge on any atom is -0.494 e. The number of carbonyl (C=O) groups is 1. The number of nitrogens with one attached hydrogen (secondary N) is 1. The van der Waals surface area contributed by atoms with E-state index >= 15 is 0 Å². The van der Waals surface area contributed by atoms with Crippen molar-refractivity contribution in [2.24, 2.45) is 5.92 Å². The van der Waals surface area contributed by atoms with E-state index < -0.39 is 0 Å². The summed E-state index contributed by atoms with van der Waals surface area (Å²) in [6.07, 6.45) is 1.43. The smallest absolute Gasteiger partial charge is 0.226 e. The van der Waals surface area contributed by atoms with E-state index in [2.05, 4.69) is 22.3 Å². The van der Waals surface area contributed by atoms with Gasteiger partial charge in [0, 0.05) is 17.7 Å². The molecule has 25 heavy (non-hydrogen) atoms. The highest BCUT2D eigenvalue weighted by atomic mass is 16.5. The topological polar surface area (TPSA) is 69.0 Å². The molecule has 130 valence electrons. The number of allylic oxidation sites excluding steroid dienone is 2. The average molecular weight is 338 g/mol. The normalized spacial score (nSPS) is 22.3. The lowest BCUT2D eigenvalue weighted by Crippen LogP contribution is -2.33. The highest BCUT2D eigenvalue weighted by molar-refractivity contribution is 5.99. The van der Waals surface area contributed by atoms with Crippen LogP contribution in [-0.2, 0) is 4.79 Å². The van der Waals surface area contributed by atoms with Crippen molar-refractivity contribution in [1.82, 2.24) is 14.8 Å². The first-order valence-electron chi connectivity index (χ1n) is 8.76. The average Bonchev–Trinajstić information content (AvgIpc) is 2.93. The summed E-state index contributed by atoms with van der Waals surface area (Å²) in [7, 11) is 0. The maximum absolute atomic E-state index is 12.9. The standard InChI is InChI=1S/C19H22N4O2/c1-4-25-14-7-5-6-13(10-14)18-17-15(8-11(2)9-16(17)24)21-19-20-12(3)22-23(18)19/h5-7,10-11,18H,4,8-9H2,1-3H3,(H,20,21,22). The second-order valence-corrected chi connectivity index (χ2v) is 6.79. The first-order chi connectivity index (χ1) is 12.1. The molecule has 1 aliphatic heterocycles. The molecule has 2 unspecified atom stereocenters. The Bertz CT molecular complexity index is 868. The third kappa shape index (κ3) is 2.71. The summed E-state index contributed by atoms with van der Waals surface area (Å²) >= 11 is 0. The molecule has 0 saturated carbocycles. The largest absolute Gasteiger partial charge is 0.494 e. The Morgan fingerprint density at radius 2 is 2.20 bits per heavy atom. The number of hydrogen-bond acceptors (Lipinski definition) is 5. The van der Waals surface area contributed by atoms with Crippen LogP contribution in [0.15, 0.2) is 35.5 Å². The van der Waals surface area contributed by atoms with E-state index in [0.29, 0.717) is 30.7 Å². The zero-order valence-corrected chi connectivity index (χ0v) is 14.7. The highest BCUT2D eigenvalue weighted by Gasteiger charge is 2.38. The second-order valence-electron chi connectivity index (χ2n) is 6.79. The van der Waals surface area contributed by atoms with E-state index in [1.54, 1.807) is 0 Å². The second kappa shape index (κ2) is 6.02. The van der Waals surface area contributed by atoms with Crippen LogP contribution in [0.3, 0.4) is 0 Å². The summed E-state index contributed by atoms with van der Waals surface area (Å²) in [6, 6.07) is 7.66. The summed E-state index contributed by atoms with van der Waals surface area (Å²) in [5.41, 5.74) is 2.79. The van der Waals surface area contributed by atoms with Crippen LogP contribution in [0.4, 0.5) is 5.95 Å². The van der Waals surface area contributed by atoms with Crippen molar-refractivity contribution in [3.8, 4) is 5.75 Å². The summed E-state index contributed by atoms with van der Waals surface area (Å²) < 4.78 is 7.48. The minimum absolute atomic E-state index is 0.187. The predicted molar refractivity (Wildman–Crippen MR) is 94.6 cm³/mol. The Kier molecular flexibility index (Phi) is 3.82. The molecule has 0 saturated heterocycles. The number of benzene rings is 1. The maximum Gasteiger partial charge on any atom is 0.226 e. The predicted octanol–water partition coefficient (Wildman–Crippen LogP) is 3.25. The fraction of sp³-hybridized carbons (Fsp3) is 0.421. The van der Waals surface area contributed by atoms with Crippen LogP contribution in [0.5, 0.6) is 5.75 Å². The van der Waals surface area contributed by atoms with Crippen LogP contribution in [0.25, 0.3) is 0 Å². The van der Waals surface area contributed by atoms with E-state index in [4.69, 9.17) is 4.74 Å². The quantitative estimate of drug-likeness (QED) is 0.930. The van der Waals surface area contributed by atoms with E-state index in [1.165, 1.54) is 0 Å². The van der Waals surface area contributed by atoms with Gasteiger partial charge in [0.1, 0.15) is 17.6 Å². The van der Waals surface area contributed by atoms with E-state index in [0.717, 1.165) is 29.0 Å². The molecule has 0 amide bonds. The monoisotopic (exact) mass is 338 g/mol. The van der Waals surface area contributed by atoms with Crippen molar-refractivity contribution < 1.29 is 9.53 Å².